The van der Waals surface area contributed by atoms with E-state index in [9.17, 15) is 0 Å². The summed E-state index contributed by atoms with van der Waals surface area (Å²) in [5.41, 5.74) is 8.27. The predicted molar refractivity (Wildman–Crippen MR) is 173 cm³/mol. The summed E-state index contributed by atoms with van der Waals surface area (Å²) >= 11 is 3.55. The van der Waals surface area contributed by atoms with Crippen LogP contribution in [0, 0.1) is 19.8 Å². The SMILES string of the molecule is Cc1cccc(Nc2nc(N/N=C/c3cc(Br)ccc3OCc3ccccc3)nc(N3CCC(C)CC3)n2)c1C.Cl. The maximum Gasteiger partial charge on any atom is 0.250 e. The van der Waals surface area contributed by atoms with Crippen LogP contribution in [0.5, 0.6) is 5.75 Å². The molecule has 2 N–H and O–H groups in total. The summed E-state index contributed by atoms with van der Waals surface area (Å²) in [6.45, 7) is 8.77. The average Bonchev–Trinajstić information content (AvgIpc) is 2.96. The minimum Gasteiger partial charge on any atom is -0.488 e. The van der Waals surface area contributed by atoms with E-state index in [2.05, 4.69) is 68.5 Å². The van der Waals surface area contributed by atoms with E-state index in [4.69, 9.17) is 14.7 Å². The lowest BCUT2D eigenvalue weighted by atomic mass is 10.00. The van der Waals surface area contributed by atoms with Gasteiger partial charge in [0.25, 0.3) is 0 Å². The molecular weight excluding hydrogens is 602 g/mol. The van der Waals surface area contributed by atoms with Crippen LogP contribution in [0.25, 0.3) is 0 Å². The van der Waals surface area contributed by atoms with Crippen LogP contribution in [0.1, 0.15) is 42.0 Å². The number of hydrazone groups is 1. The molecule has 1 aromatic heterocycles. The molecule has 1 saturated heterocycles. The molecule has 214 valence electrons. The Morgan fingerprint density at radius 2 is 1.73 bits per heavy atom. The lowest BCUT2D eigenvalue weighted by Crippen LogP contribution is -2.34. The molecule has 1 fully saturated rings. The van der Waals surface area contributed by atoms with Gasteiger partial charge in [0, 0.05) is 28.8 Å². The van der Waals surface area contributed by atoms with Gasteiger partial charge in [-0.3, -0.25) is 0 Å². The molecule has 0 spiro atoms. The zero-order chi connectivity index (χ0) is 27.9. The molecule has 5 rings (SSSR count). The van der Waals surface area contributed by atoms with Crippen molar-refractivity contribution < 1.29 is 4.74 Å². The van der Waals surface area contributed by atoms with Crippen molar-refractivity contribution in [2.45, 2.75) is 40.2 Å². The maximum absolute atomic E-state index is 6.10. The highest BCUT2D eigenvalue weighted by atomic mass is 79.9. The predicted octanol–water partition coefficient (Wildman–Crippen LogP) is 7.68. The number of hydrogen-bond donors (Lipinski definition) is 2. The van der Waals surface area contributed by atoms with Gasteiger partial charge in [0.2, 0.25) is 17.8 Å². The summed E-state index contributed by atoms with van der Waals surface area (Å²) in [5.74, 6) is 2.92. The highest BCUT2D eigenvalue weighted by Gasteiger charge is 2.20. The number of hydrogen-bond acceptors (Lipinski definition) is 8. The van der Waals surface area contributed by atoms with Crippen LogP contribution in [0.3, 0.4) is 0 Å². The number of rotatable bonds is 9. The summed E-state index contributed by atoms with van der Waals surface area (Å²) in [6.07, 6.45) is 3.94. The average molecular weight is 637 g/mol. The second-order valence-corrected chi connectivity index (χ2v) is 11.1. The van der Waals surface area contributed by atoms with Crippen molar-refractivity contribution in [1.82, 2.24) is 15.0 Å². The first-order chi connectivity index (χ1) is 19.4. The molecule has 1 aliphatic rings. The zero-order valence-corrected chi connectivity index (χ0v) is 25.9. The van der Waals surface area contributed by atoms with Gasteiger partial charge >= 0.3 is 0 Å². The molecule has 0 amide bonds. The highest BCUT2D eigenvalue weighted by molar-refractivity contribution is 9.10. The normalized spacial score (nSPS) is 13.6. The van der Waals surface area contributed by atoms with Crippen molar-refractivity contribution in [3.8, 4) is 5.75 Å². The Labute approximate surface area is 256 Å². The molecule has 41 heavy (non-hydrogen) atoms. The van der Waals surface area contributed by atoms with Gasteiger partial charge in [0.1, 0.15) is 12.4 Å². The number of nitrogens with zero attached hydrogens (tertiary/aromatic N) is 5. The van der Waals surface area contributed by atoms with E-state index in [1.54, 1.807) is 6.21 Å². The number of aromatic nitrogens is 3. The van der Waals surface area contributed by atoms with E-state index in [0.717, 1.165) is 58.5 Å². The zero-order valence-electron chi connectivity index (χ0n) is 23.5. The van der Waals surface area contributed by atoms with E-state index in [-0.39, 0.29) is 12.4 Å². The van der Waals surface area contributed by atoms with Gasteiger partial charge in [-0.05, 0) is 73.6 Å². The topological polar surface area (TPSA) is 87.6 Å². The summed E-state index contributed by atoms with van der Waals surface area (Å²) in [5, 5.41) is 7.86. The van der Waals surface area contributed by atoms with E-state index in [1.807, 2.05) is 60.7 Å². The van der Waals surface area contributed by atoms with Crippen LogP contribution in [0.4, 0.5) is 23.5 Å². The minimum absolute atomic E-state index is 0. The highest BCUT2D eigenvalue weighted by Crippen LogP contribution is 2.26. The molecule has 0 saturated carbocycles. The second kappa shape index (κ2) is 14.3. The van der Waals surface area contributed by atoms with Gasteiger partial charge in [-0.15, -0.1) is 12.4 Å². The Morgan fingerprint density at radius 3 is 2.51 bits per heavy atom. The van der Waals surface area contributed by atoms with Gasteiger partial charge in [0.15, 0.2) is 0 Å². The molecule has 3 aromatic carbocycles. The number of ether oxygens (including phenoxy) is 1. The molecule has 1 aliphatic heterocycles. The van der Waals surface area contributed by atoms with Gasteiger partial charge in [-0.1, -0.05) is 65.3 Å². The summed E-state index contributed by atoms with van der Waals surface area (Å²) in [7, 11) is 0. The van der Waals surface area contributed by atoms with E-state index in [1.165, 1.54) is 5.56 Å². The fraction of sp³-hybridized carbons (Fsp3) is 0.290. The van der Waals surface area contributed by atoms with Crippen molar-refractivity contribution >= 4 is 58.1 Å². The van der Waals surface area contributed by atoms with Crippen LogP contribution in [0.2, 0.25) is 0 Å². The number of aryl methyl sites for hydroxylation is 1. The lowest BCUT2D eigenvalue weighted by Gasteiger charge is -2.30. The van der Waals surface area contributed by atoms with Crippen molar-refractivity contribution in [1.29, 1.82) is 0 Å². The summed E-state index contributed by atoms with van der Waals surface area (Å²) in [4.78, 5) is 16.3. The van der Waals surface area contributed by atoms with E-state index in [0.29, 0.717) is 30.4 Å². The molecule has 0 aliphatic carbocycles. The fourth-order valence-corrected chi connectivity index (χ4v) is 4.85. The van der Waals surface area contributed by atoms with Crippen molar-refractivity contribution in [3.05, 3.63) is 93.5 Å². The van der Waals surface area contributed by atoms with Gasteiger partial charge < -0.3 is 15.0 Å². The molecule has 2 heterocycles. The standard InChI is InChI=1S/C31H34BrN7O.ClH/c1-21-14-16-39(17-15-21)31-36-29(34-27-11-7-8-22(2)23(27)3)35-30(37-31)38-33-19-25-18-26(32)12-13-28(25)40-20-24-9-5-4-6-10-24;/h4-13,18-19,21H,14-17,20H2,1-3H3,(H2,34,35,36,37,38);1H/b33-19+;. The second-order valence-electron chi connectivity index (χ2n) is 10.2. The first-order valence-corrected chi connectivity index (χ1v) is 14.3. The smallest absolute Gasteiger partial charge is 0.250 e. The Morgan fingerprint density at radius 1 is 0.976 bits per heavy atom. The lowest BCUT2D eigenvalue weighted by molar-refractivity contribution is 0.306. The monoisotopic (exact) mass is 635 g/mol. The quantitative estimate of drug-likeness (QED) is 0.144. The number of piperidine rings is 1. The number of benzene rings is 3. The molecule has 4 aromatic rings. The third-order valence-corrected chi connectivity index (χ3v) is 7.61. The van der Waals surface area contributed by atoms with Crippen LogP contribution < -0.4 is 20.4 Å². The Hall–Kier alpha value is -3.69. The van der Waals surface area contributed by atoms with Crippen molar-refractivity contribution in [2.75, 3.05) is 28.7 Å². The third-order valence-electron chi connectivity index (χ3n) is 7.12. The van der Waals surface area contributed by atoms with Gasteiger partial charge in [-0.25, -0.2) is 5.43 Å². The van der Waals surface area contributed by atoms with Crippen LogP contribution in [-0.4, -0.2) is 34.3 Å². The third kappa shape index (κ3) is 8.17. The summed E-state index contributed by atoms with van der Waals surface area (Å²) in [6, 6.07) is 22.1. The van der Waals surface area contributed by atoms with Crippen LogP contribution in [0.15, 0.2) is 76.3 Å². The first-order valence-electron chi connectivity index (χ1n) is 13.5. The number of nitrogens with one attached hydrogen (secondary N) is 2. The number of halogens is 2. The fourth-order valence-electron chi connectivity index (χ4n) is 4.47. The molecule has 0 unspecified atom stereocenters. The van der Waals surface area contributed by atoms with Crippen LogP contribution in [-0.2, 0) is 6.61 Å². The molecule has 8 nitrogen and oxygen atoms in total. The largest absolute Gasteiger partial charge is 0.488 e. The molecule has 10 heteroatoms. The molecular formula is C31H35BrClN7O. The summed E-state index contributed by atoms with van der Waals surface area (Å²) < 4.78 is 7.03. The molecule has 0 atom stereocenters. The minimum atomic E-state index is 0. The van der Waals surface area contributed by atoms with E-state index < -0.39 is 0 Å². The van der Waals surface area contributed by atoms with Crippen molar-refractivity contribution in [3.63, 3.8) is 0 Å². The van der Waals surface area contributed by atoms with Crippen LogP contribution >= 0.6 is 28.3 Å². The number of anilines is 4. The Balaban J connectivity index is 0.00000387. The first kappa shape index (κ1) is 30.3. The Kier molecular flexibility index (Phi) is 10.5. The van der Waals surface area contributed by atoms with E-state index >= 15 is 0 Å². The maximum atomic E-state index is 6.10. The van der Waals surface area contributed by atoms with Crippen molar-refractivity contribution in [2.24, 2.45) is 11.0 Å². The molecule has 0 radical (unpaired) electrons. The van der Waals surface area contributed by atoms with Gasteiger partial charge in [0.05, 0.1) is 6.21 Å². The van der Waals surface area contributed by atoms with Gasteiger partial charge in [-0.2, -0.15) is 20.1 Å². The molecule has 0 bridgehead atoms. The Bertz CT molecular complexity index is 1480.